The molecule has 0 heterocycles. The minimum Gasteiger partial charge on any atom is -0.507 e. The Balaban J connectivity index is 1.77. The van der Waals surface area contributed by atoms with E-state index in [1.165, 1.54) is 12.1 Å². The van der Waals surface area contributed by atoms with Crippen molar-refractivity contribution in [2.24, 2.45) is 5.92 Å². The standard InChI is InChI=1S/C18H24N2O5/c1-11-7-8-13(15(21)9-11)17(23)25-10-16(22)20-18(24)19-14-6-4-3-5-12(14)2/h7-9,12,14,21H,3-6,10H2,1-2H3,(H2,19,20,22,24)/t12-,14-/m0/s1. The van der Waals surface area contributed by atoms with Crippen LogP contribution in [0, 0.1) is 12.8 Å². The molecule has 7 heteroatoms. The predicted molar refractivity (Wildman–Crippen MR) is 91.2 cm³/mol. The third-order valence-corrected chi connectivity index (χ3v) is 4.39. The molecule has 1 saturated carbocycles. The van der Waals surface area contributed by atoms with Crippen LogP contribution in [0.5, 0.6) is 5.75 Å². The molecule has 0 unspecified atom stereocenters. The number of esters is 1. The molecule has 0 bridgehead atoms. The summed E-state index contributed by atoms with van der Waals surface area (Å²) in [4.78, 5) is 35.5. The van der Waals surface area contributed by atoms with Crippen LogP contribution in [-0.4, -0.2) is 35.7 Å². The van der Waals surface area contributed by atoms with Crippen LogP contribution in [0.15, 0.2) is 18.2 Å². The van der Waals surface area contributed by atoms with Crippen LogP contribution < -0.4 is 10.6 Å². The smallest absolute Gasteiger partial charge is 0.342 e. The molecule has 0 aromatic heterocycles. The van der Waals surface area contributed by atoms with E-state index in [1.807, 2.05) is 0 Å². The lowest BCUT2D eigenvalue weighted by molar-refractivity contribution is -0.123. The number of carbonyl (C=O) groups is 3. The highest BCUT2D eigenvalue weighted by atomic mass is 16.5. The average Bonchev–Trinajstić information content (AvgIpc) is 2.54. The van der Waals surface area contributed by atoms with Crippen molar-refractivity contribution in [1.82, 2.24) is 10.6 Å². The highest BCUT2D eigenvalue weighted by Gasteiger charge is 2.23. The summed E-state index contributed by atoms with van der Waals surface area (Å²) in [6, 6.07) is 3.96. The molecular weight excluding hydrogens is 324 g/mol. The zero-order valence-corrected chi connectivity index (χ0v) is 14.5. The van der Waals surface area contributed by atoms with Crippen molar-refractivity contribution < 1.29 is 24.2 Å². The maximum atomic E-state index is 11.9. The summed E-state index contributed by atoms with van der Waals surface area (Å²) in [6.07, 6.45) is 4.16. The third kappa shape index (κ3) is 5.48. The van der Waals surface area contributed by atoms with E-state index in [9.17, 15) is 19.5 Å². The molecule has 1 aromatic carbocycles. The number of amides is 3. The second-order valence-corrected chi connectivity index (χ2v) is 6.49. The predicted octanol–water partition coefficient (Wildman–Crippen LogP) is 2.26. The molecule has 1 aliphatic rings. The highest BCUT2D eigenvalue weighted by Crippen LogP contribution is 2.23. The summed E-state index contributed by atoms with van der Waals surface area (Å²) in [5, 5.41) is 14.6. The van der Waals surface area contributed by atoms with Crippen LogP contribution in [0.1, 0.15) is 48.5 Å². The highest BCUT2D eigenvalue weighted by molar-refractivity contribution is 5.97. The van der Waals surface area contributed by atoms with E-state index < -0.39 is 24.5 Å². The van der Waals surface area contributed by atoms with Crippen molar-refractivity contribution in [2.75, 3.05) is 6.61 Å². The van der Waals surface area contributed by atoms with Gasteiger partial charge in [0.25, 0.3) is 5.91 Å². The Morgan fingerprint density at radius 1 is 1.24 bits per heavy atom. The second-order valence-electron chi connectivity index (χ2n) is 6.49. The second kappa shape index (κ2) is 8.50. The zero-order chi connectivity index (χ0) is 18.4. The van der Waals surface area contributed by atoms with E-state index in [4.69, 9.17) is 4.74 Å². The van der Waals surface area contributed by atoms with Gasteiger partial charge in [-0.25, -0.2) is 9.59 Å². The Kier molecular flexibility index (Phi) is 6.38. The fourth-order valence-electron chi connectivity index (χ4n) is 2.92. The molecule has 1 aromatic rings. The van der Waals surface area contributed by atoms with Crippen molar-refractivity contribution in [1.29, 1.82) is 0 Å². The van der Waals surface area contributed by atoms with Gasteiger partial charge in [0, 0.05) is 6.04 Å². The van der Waals surface area contributed by atoms with Gasteiger partial charge in [0.1, 0.15) is 11.3 Å². The number of imide groups is 1. The van der Waals surface area contributed by atoms with E-state index in [-0.39, 0.29) is 17.4 Å². The first-order valence-electron chi connectivity index (χ1n) is 8.44. The minimum absolute atomic E-state index is 0.0288. The van der Waals surface area contributed by atoms with Crippen molar-refractivity contribution in [3.8, 4) is 5.75 Å². The van der Waals surface area contributed by atoms with E-state index in [0.29, 0.717) is 5.92 Å². The van der Waals surface area contributed by atoms with Gasteiger partial charge >= 0.3 is 12.0 Å². The van der Waals surface area contributed by atoms with Crippen LogP contribution >= 0.6 is 0 Å². The lowest BCUT2D eigenvalue weighted by Gasteiger charge is -2.29. The SMILES string of the molecule is Cc1ccc(C(=O)OCC(=O)NC(=O)N[C@H]2CCCC[C@@H]2C)c(O)c1. The number of carbonyl (C=O) groups excluding carboxylic acids is 3. The van der Waals surface area contributed by atoms with Gasteiger partial charge < -0.3 is 15.2 Å². The Morgan fingerprint density at radius 2 is 1.96 bits per heavy atom. The van der Waals surface area contributed by atoms with Gasteiger partial charge in [0.05, 0.1) is 0 Å². The maximum absolute atomic E-state index is 11.9. The first kappa shape index (κ1) is 18.8. The Labute approximate surface area is 146 Å². The summed E-state index contributed by atoms with van der Waals surface area (Å²) >= 11 is 0. The molecule has 2 rings (SSSR count). The number of phenolic OH excluding ortho intramolecular Hbond substituents is 1. The molecular formula is C18H24N2O5. The van der Waals surface area contributed by atoms with Gasteiger partial charge in [-0.3, -0.25) is 10.1 Å². The summed E-state index contributed by atoms with van der Waals surface area (Å²) in [7, 11) is 0. The van der Waals surface area contributed by atoms with Gasteiger partial charge in [-0.1, -0.05) is 25.8 Å². The number of aryl methyl sites for hydroxylation is 1. The van der Waals surface area contributed by atoms with Gasteiger partial charge in [-0.2, -0.15) is 0 Å². The number of hydrogen-bond donors (Lipinski definition) is 3. The van der Waals surface area contributed by atoms with Crippen LogP contribution in [0.25, 0.3) is 0 Å². The zero-order valence-electron chi connectivity index (χ0n) is 14.5. The first-order valence-corrected chi connectivity index (χ1v) is 8.44. The number of nitrogens with one attached hydrogen (secondary N) is 2. The molecule has 0 saturated heterocycles. The van der Waals surface area contributed by atoms with Gasteiger partial charge in [-0.15, -0.1) is 0 Å². The normalized spacial score (nSPS) is 19.8. The number of ether oxygens (including phenoxy) is 1. The van der Waals surface area contributed by atoms with Gasteiger partial charge in [-0.05, 0) is 43.4 Å². The van der Waals surface area contributed by atoms with E-state index in [0.717, 1.165) is 31.2 Å². The molecule has 2 atom stereocenters. The van der Waals surface area contributed by atoms with Crippen molar-refractivity contribution >= 4 is 17.9 Å². The van der Waals surface area contributed by atoms with Crippen LogP contribution in [0.2, 0.25) is 0 Å². The van der Waals surface area contributed by atoms with Gasteiger partial charge in [0.2, 0.25) is 0 Å². The lowest BCUT2D eigenvalue weighted by atomic mass is 9.86. The molecule has 3 amide bonds. The van der Waals surface area contributed by atoms with E-state index in [1.54, 1.807) is 13.0 Å². The average molecular weight is 348 g/mol. The Morgan fingerprint density at radius 3 is 2.64 bits per heavy atom. The molecule has 25 heavy (non-hydrogen) atoms. The monoisotopic (exact) mass is 348 g/mol. The van der Waals surface area contributed by atoms with Gasteiger partial charge in [0.15, 0.2) is 6.61 Å². The fraction of sp³-hybridized carbons (Fsp3) is 0.500. The number of aromatic hydroxyl groups is 1. The molecule has 0 radical (unpaired) electrons. The lowest BCUT2D eigenvalue weighted by Crippen LogP contribution is -2.48. The Hall–Kier alpha value is -2.57. The Bertz CT molecular complexity index is 659. The maximum Gasteiger partial charge on any atom is 0.342 e. The van der Waals surface area contributed by atoms with E-state index >= 15 is 0 Å². The topological polar surface area (TPSA) is 105 Å². The van der Waals surface area contributed by atoms with Crippen molar-refractivity contribution in [2.45, 2.75) is 45.6 Å². The number of phenols is 1. The first-order chi connectivity index (χ1) is 11.9. The van der Waals surface area contributed by atoms with Crippen molar-refractivity contribution in [3.63, 3.8) is 0 Å². The summed E-state index contributed by atoms with van der Waals surface area (Å²) in [5.74, 6) is -1.39. The summed E-state index contributed by atoms with van der Waals surface area (Å²) in [6.45, 7) is 3.25. The van der Waals surface area contributed by atoms with E-state index in [2.05, 4.69) is 17.6 Å². The molecule has 136 valence electrons. The number of benzene rings is 1. The fourth-order valence-corrected chi connectivity index (χ4v) is 2.92. The molecule has 1 aliphatic carbocycles. The van der Waals surface area contributed by atoms with Crippen LogP contribution in [0.3, 0.4) is 0 Å². The number of hydrogen-bond acceptors (Lipinski definition) is 5. The number of urea groups is 1. The molecule has 7 nitrogen and oxygen atoms in total. The van der Waals surface area contributed by atoms with Crippen molar-refractivity contribution in [3.05, 3.63) is 29.3 Å². The molecule has 0 spiro atoms. The summed E-state index contributed by atoms with van der Waals surface area (Å²) in [5.41, 5.74) is 0.763. The third-order valence-electron chi connectivity index (χ3n) is 4.39. The molecule has 0 aliphatic heterocycles. The molecule has 1 fully saturated rings. The summed E-state index contributed by atoms with van der Waals surface area (Å²) < 4.78 is 4.83. The van der Waals surface area contributed by atoms with Crippen LogP contribution in [0.4, 0.5) is 4.79 Å². The quantitative estimate of drug-likeness (QED) is 0.724. The minimum atomic E-state index is -0.825. The molecule has 3 N–H and O–H groups in total. The largest absolute Gasteiger partial charge is 0.507 e. The number of rotatable bonds is 4. The van der Waals surface area contributed by atoms with Crippen LogP contribution in [-0.2, 0) is 9.53 Å².